The second-order valence-electron chi connectivity index (χ2n) is 4.83. The molecule has 25 heavy (non-hydrogen) atoms. The highest BCUT2D eigenvalue weighted by molar-refractivity contribution is 8.03. The van der Waals surface area contributed by atoms with Crippen LogP contribution in [0.3, 0.4) is 0 Å². The van der Waals surface area contributed by atoms with Crippen molar-refractivity contribution < 1.29 is 30.5 Å². The number of hydrogen-bond donors (Lipinski definition) is 0. The zero-order valence-electron chi connectivity index (χ0n) is 12.5. The Morgan fingerprint density at radius 3 is 1.88 bits per heavy atom. The fourth-order valence-corrected chi connectivity index (χ4v) is 5.21. The fraction of sp³-hybridized carbons (Fsp3) is 0.143. The van der Waals surface area contributed by atoms with Crippen LogP contribution in [0.15, 0.2) is 62.1 Å². The van der Waals surface area contributed by atoms with E-state index in [1.165, 1.54) is 24.3 Å². The lowest BCUT2D eigenvalue weighted by atomic mass is 10.3. The molecule has 0 radical (unpaired) electrons. The van der Waals surface area contributed by atoms with Crippen LogP contribution in [-0.2, 0) is 19.8 Å². The normalized spacial score (nSPS) is 14.6. The number of nitrogens with zero attached hydrogens (tertiary/aromatic N) is 1. The van der Waals surface area contributed by atoms with Crippen molar-refractivity contribution in [1.82, 2.24) is 0 Å². The molecule has 0 aliphatic carbocycles. The van der Waals surface area contributed by atoms with E-state index in [0.717, 1.165) is 30.5 Å². The smallest absolute Gasteiger partial charge is 0.406 e. The maximum atomic E-state index is 12.6. The Balaban J connectivity index is 2.38. The van der Waals surface area contributed by atoms with Crippen LogP contribution in [0.1, 0.15) is 0 Å². The van der Waals surface area contributed by atoms with E-state index in [4.69, 9.17) is 11.6 Å². The van der Waals surface area contributed by atoms with Gasteiger partial charge in [-0.2, -0.15) is 8.42 Å². The van der Waals surface area contributed by atoms with Gasteiger partial charge in [0.2, 0.25) is 0 Å². The lowest BCUT2D eigenvalue weighted by Crippen LogP contribution is -2.17. The molecule has 0 aliphatic heterocycles. The second-order valence-corrected chi connectivity index (χ2v) is 9.36. The second kappa shape index (κ2) is 6.85. The number of halogens is 4. The summed E-state index contributed by atoms with van der Waals surface area (Å²) in [6, 6.07) is 9.06. The monoisotopic (exact) mass is 413 g/mol. The third-order valence-electron chi connectivity index (χ3n) is 2.85. The molecule has 0 spiro atoms. The molecule has 136 valence electrons. The number of alkyl halides is 3. The maximum absolute atomic E-state index is 12.6. The van der Waals surface area contributed by atoms with Gasteiger partial charge in [-0.15, -0.1) is 16.9 Å². The largest absolute Gasteiger partial charge is 0.573 e. The average Bonchev–Trinajstić information content (AvgIpc) is 2.45. The zero-order valence-corrected chi connectivity index (χ0v) is 14.9. The van der Waals surface area contributed by atoms with Gasteiger partial charge in [0.05, 0.1) is 14.6 Å². The van der Waals surface area contributed by atoms with E-state index in [1.54, 1.807) is 0 Å². The SMILES string of the molecule is C[S@](=O)(=NS(=O)(=O)c1ccc(OC(F)(F)F)cc1)c1ccc(Cl)cc1. The molecular weight excluding hydrogens is 403 g/mol. The van der Waals surface area contributed by atoms with Crippen LogP contribution in [0.5, 0.6) is 5.75 Å². The van der Waals surface area contributed by atoms with Gasteiger partial charge in [0, 0.05) is 16.2 Å². The zero-order chi connectivity index (χ0) is 18.9. The minimum atomic E-state index is -4.89. The van der Waals surface area contributed by atoms with Crippen molar-refractivity contribution in [2.24, 2.45) is 3.77 Å². The first-order chi connectivity index (χ1) is 11.4. The highest BCUT2D eigenvalue weighted by Crippen LogP contribution is 2.25. The van der Waals surface area contributed by atoms with Crippen LogP contribution in [0.4, 0.5) is 13.2 Å². The number of benzene rings is 2. The summed E-state index contributed by atoms with van der Waals surface area (Å²) < 4.78 is 80.5. The lowest BCUT2D eigenvalue weighted by Gasteiger charge is -2.09. The molecule has 11 heteroatoms. The first-order valence-corrected chi connectivity index (χ1v) is 10.2. The fourth-order valence-electron chi connectivity index (χ4n) is 1.77. The van der Waals surface area contributed by atoms with Crippen molar-refractivity contribution in [3.8, 4) is 5.75 Å². The van der Waals surface area contributed by atoms with E-state index in [9.17, 15) is 25.8 Å². The van der Waals surface area contributed by atoms with Crippen LogP contribution < -0.4 is 4.74 Å². The molecule has 0 unspecified atom stereocenters. The summed E-state index contributed by atoms with van der Waals surface area (Å²) in [5.74, 6) is -0.582. The Morgan fingerprint density at radius 2 is 1.40 bits per heavy atom. The van der Waals surface area contributed by atoms with E-state index in [1.807, 2.05) is 0 Å². The van der Waals surface area contributed by atoms with Crippen molar-refractivity contribution >= 4 is 31.4 Å². The third kappa shape index (κ3) is 5.35. The first-order valence-electron chi connectivity index (χ1n) is 6.49. The van der Waals surface area contributed by atoms with E-state index >= 15 is 0 Å². The summed E-state index contributed by atoms with van der Waals surface area (Å²) in [6.07, 6.45) is -3.76. The van der Waals surface area contributed by atoms with Gasteiger partial charge in [-0.25, -0.2) is 4.21 Å². The van der Waals surface area contributed by atoms with E-state index in [2.05, 4.69) is 8.50 Å². The molecule has 0 saturated heterocycles. The third-order valence-corrected chi connectivity index (χ3v) is 7.04. The molecule has 0 heterocycles. The van der Waals surface area contributed by atoms with Crippen molar-refractivity contribution in [2.45, 2.75) is 16.2 Å². The summed E-state index contributed by atoms with van der Waals surface area (Å²) >= 11 is 5.72. The standard InChI is InChI=1S/C14H11ClF3NO4S2/c1-24(20,12-6-2-10(15)3-7-12)19-25(21,22)13-8-4-11(5-9-13)23-14(16,17)18/h2-9H,1H3/t24-/m1/s1. The van der Waals surface area contributed by atoms with Crippen molar-refractivity contribution in [3.05, 3.63) is 53.6 Å². The predicted molar refractivity (Wildman–Crippen MR) is 86.5 cm³/mol. The minimum Gasteiger partial charge on any atom is -0.406 e. The Labute approximate surface area is 147 Å². The molecule has 5 nitrogen and oxygen atoms in total. The van der Waals surface area contributed by atoms with Gasteiger partial charge in [-0.3, -0.25) is 0 Å². The highest BCUT2D eigenvalue weighted by atomic mass is 35.5. The Hall–Kier alpha value is -1.78. The molecule has 0 fully saturated rings. The van der Waals surface area contributed by atoms with Crippen molar-refractivity contribution in [2.75, 3.05) is 6.26 Å². The molecule has 0 aliphatic rings. The number of ether oxygens (including phenoxy) is 1. The summed E-state index contributed by atoms with van der Waals surface area (Å²) in [5, 5.41) is 0.377. The molecular formula is C14H11ClF3NO4S2. The summed E-state index contributed by atoms with van der Waals surface area (Å²) in [4.78, 5) is -0.261. The molecule has 0 aromatic heterocycles. The van der Waals surface area contributed by atoms with Crippen LogP contribution in [0.2, 0.25) is 5.02 Å². The Bertz CT molecular complexity index is 978. The topological polar surface area (TPSA) is 72.8 Å². The molecule has 1 atom stereocenters. The van der Waals surface area contributed by atoms with Crippen LogP contribution in [-0.4, -0.2) is 25.2 Å². The first kappa shape index (κ1) is 19.5. The molecule has 0 saturated carbocycles. The summed E-state index contributed by atoms with van der Waals surface area (Å²) in [5.41, 5.74) is 0. The van der Waals surface area contributed by atoms with Crippen LogP contribution in [0.25, 0.3) is 0 Å². The van der Waals surface area contributed by atoms with Crippen molar-refractivity contribution in [3.63, 3.8) is 0 Å². The van der Waals surface area contributed by atoms with Gasteiger partial charge >= 0.3 is 6.36 Å². The van der Waals surface area contributed by atoms with Crippen LogP contribution >= 0.6 is 11.6 Å². The van der Waals surface area contributed by atoms with Gasteiger partial charge in [0.25, 0.3) is 10.0 Å². The van der Waals surface area contributed by atoms with Crippen LogP contribution in [0, 0.1) is 0 Å². The number of hydrogen-bond acceptors (Lipinski definition) is 4. The van der Waals surface area contributed by atoms with Gasteiger partial charge in [-0.05, 0) is 48.5 Å². The molecule has 2 aromatic carbocycles. The highest BCUT2D eigenvalue weighted by Gasteiger charge is 2.31. The predicted octanol–water partition coefficient (Wildman–Crippen LogP) is 4.08. The molecule has 2 aromatic rings. The Kier molecular flexibility index (Phi) is 5.35. The van der Waals surface area contributed by atoms with E-state index in [-0.39, 0.29) is 4.90 Å². The quantitative estimate of drug-likeness (QED) is 0.757. The molecule has 2 rings (SSSR count). The average molecular weight is 414 g/mol. The Morgan fingerprint density at radius 1 is 0.920 bits per heavy atom. The maximum Gasteiger partial charge on any atom is 0.573 e. The van der Waals surface area contributed by atoms with Gasteiger partial charge < -0.3 is 4.74 Å². The van der Waals surface area contributed by atoms with E-state index < -0.39 is 36.8 Å². The van der Waals surface area contributed by atoms with Gasteiger partial charge in [-0.1, -0.05) is 11.6 Å². The van der Waals surface area contributed by atoms with Gasteiger partial charge in [0.15, 0.2) is 0 Å². The number of rotatable bonds is 4. The number of sulfonamides is 1. The molecule has 0 N–H and O–H groups in total. The summed E-state index contributed by atoms with van der Waals surface area (Å²) in [7, 11) is -7.66. The minimum absolute atomic E-state index is 0.150. The van der Waals surface area contributed by atoms with Crippen molar-refractivity contribution in [1.29, 1.82) is 0 Å². The van der Waals surface area contributed by atoms with E-state index in [0.29, 0.717) is 5.02 Å². The molecule has 0 bridgehead atoms. The molecule has 0 amide bonds. The van der Waals surface area contributed by atoms with Gasteiger partial charge in [0.1, 0.15) is 5.75 Å². The summed E-state index contributed by atoms with van der Waals surface area (Å²) in [6.45, 7) is 0. The lowest BCUT2D eigenvalue weighted by molar-refractivity contribution is -0.274.